The fraction of sp³-hybridized carbons (Fsp3) is 0.571. The van der Waals surface area contributed by atoms with Gasteiger partial charge in [-0.3, -0.25) is 0 Å². The van der Waals surface area contributed by atoms with Crippen LogP contribution in [0.5, 0.6) is 5.75 Å². The molecule has 0 aromatic heterocycles. The highest BCUT2D eigenvalue weighted by Crippen LogP contribution is 2.11. The normalized spacial score (nSPS) is 20.2. The van der Waals surface area contributed by atoms with Gasteiger partial charge in [0.05, 0.1) is 7.11 Å². The predicted octanol–water partition coefficient (Wildman–Crippen LogP) is 1.58. The predicted molar refractivity (Wildman–Crippen MR) is 70.6 cm³/mol. The van der Waals surface area contributed by atoms with E-state index in [1.807, 2.05) is 12.1 Å². The van der Waals surface area contributed by atoms with Crippen LogP contribution in [0.25, 0.3) is 0 Å². The summed E-state index contributed by atoms with van der Waals surface area (Å²) in [4.78, 5) is 0. The van der Waals surface area contributed by atoms with Crippen LogP contribution in [0.1, 0.15) is 18.4 Å². The van der Waals surface area contributed by atoms with Crippen LogP contribution >= 0.6 is 0 Å². The first-order chi connectivity index (χ1) is 8.38. The molecular weight excluding hydrogens is 212 g/mol. The van der Waals surface area contributed by atoms with Crippen LogP contribution in [-0.2, 0) is 6.42 Å². The van der Waals surface area contributed by atoms with Crippen LogP contribution in [-0.4, -0.2) is 32.8 Å². The van der Waals surface area contributed by atoms with E-state index in [1.54, 1.807) is 7.11 Å². The number of piperidine rings is 1. The molecule has 0 radical (unpaired) electrons. The summed E-state index contributed by atoms with van der Waals surface area (Å²) in [6.45, 7) is 3.35. The molecule has 1 fully saturated rings. The van der Waals surface area contributed by atoms with Crippen LogP contribution in [0.4, 0.5) is 0 Å². The number of hydrogen-bond donors (Lipinski definition) is 2. The van der Waals surface area contributed by atoms with Crippen LogP contribution in [0, 0.1) is 0 Å². The summed E-state index contributed by atoms with van der Waals surface area (Å²) >= 11 is 0. The van der Waals surface area contributed by atoms with Crippen molar-refractivity contribution in [2.45, 2.75) is 25.3 Å². The number of hydrogen-bond acceptors (Lipinski definition) is 3. The van der Waals surface area contributed by atoms with Crippen LogP contribution in [0.2, 0.25) is 0 Å². The second-order valence-electron chi connectivity index (χ2n) is 4.60. The van der Waals surface area contributed by atoms with Crippen molar-refractivity contribution >= 4 is 0 Å². The van der Waals surface area contributed by atoms with Gasteiger partial charge < -0.3 is 15.4 Å². The number of rotatable bonds is 5. The third-order valence-electron chi connectivity index (χ3n) is 3.30. The van der Waals surface area contributed by atoms with Gasteiger partial charge in [-0.1, -0.05) is 12.1 Å². The molecule has 0 aliphatic carbocycles. The summed E-state index contributed by atoms with van der Waals surface area (Å²) in [5.74, 6) is 0.929. The summed E-state index contributed by atoms with van der Waals surface area (Å²) < 4.78 is 5.14. The van der Waals surface area contributed by atoms with E-state index in [0.717, 1.165) is 25.3 Å². The van der Waals surface area contributed by atoms with Crippen molar-refractivity contribution in [1.82, 2.24) is 10.6 Å². The smallest absolute Gasteiger partial charge is 0.118 e. The van der Waals surface area contributed by atoms with Gasteiger partial charge in [-0.25, -0.2) is 0 Å². The summed E-state index contributed by atoms with van der Waals surface area (Å²) in [5.41, 5.74) is 1.36. The molecule has 2 rings (SSSR count). The van der Waals surface area contributed by atoms with E-state index in [2.05, 4.69) is 22.8 Å². The third-order valence-corrected chi connectivity index (χ3v) is 3.30. The average molecular weight is 234 g/mol. The molecule has 1 heterocycles. The number of methoxy groups -OCH3 is 1. The van der Waals surface area contributed by atoms with Gasteiger partial charge in [-0.2, -0.15) is 0 Å². The molecule has 94 valence electrons. The van der Waals surface area contributed by atoms with Gasteiger partial charge in [0.2, 0.25) is 0 Å². The Kier molecular flexibility index (Phi) is 4.83. The van der Waals surface area contributed by atoms with Gasteiger partial charge in [0.25, 0.3) is 0 Å². The second kappa shape index (κ2) is 6.62. The molecular formula is C14H22N2O. The van der Waals surface area contributed by atoms with Crippen LogP contribution in [0.3, 0.4) is 0 Å². The van der Waals surface area contributed by atoms with E-state index in [9.17, 15) is 0 Å². The van der Waals surface area contributed by atoms with E-state index in [1.165, 1.54) is 24.9 Å². The summed E-state index contributed by atoms with van der Waals surface area (Å²) in [6.07, 6.45) is 3.68. The lowest BCUT2D eigenvalue weighted by molar-refractivity contribution is 0.392. The Hall–Kier alpha value is -1.06. The van der Waals surface area contributed by atoms with Crippen LogP contribution < -0.4 is 15.4 Å². The molecule has 1 aromatic carbocycles. The van der Waals surface area contributed by atoms with E-state index >= 15 is 0 Å². The fourth-order valence-corrected chi connectivity index (χ4v) is 2.24. The molecule has 2 N–H and O–H groups in total. The number of benzene rings is 1. The molecule has 0 amide bonds. The van der Waals surface area contributed by atoms with Gasteiger partial charge in [0.15, 0.2) is 0 Å². The lowest BCUT2D eigenvalue weighted by atomic mass is 10.1. The Morgan fingerprint density at radius 2 is 2.18 bits per heavy atom. The van der Waals surface area contributed by atoms with Crippen molar-refractivity contribution < 1.29 is 4.74 Å². The number of ether oxygens (including phenoxy) is 1. The topological polar surface area (TPSA) is 33.3 Å². The fourth-order valence-electron chi connectivity index (χ4n) is 2.24. The van der Waals surface area contributed by atoms with Gasteiger partial charge in [0, 0.05) is 12.6 Å². The molecule has 0 spiro atoms. The van der Waals surface area contributed by atoms with E-state index in [4.69, 9.17) is 4.74 Å². The zero-order chi connectivity index (χ0) is 11.9. The first-order valence-electron chi connectivity index (χ1n) is 6.45. The van der Waals surface area contributed by atoms with Crippen molar-refractivity contribution in [3.63, 3.8) is 0 Å². The highest BCUT2D eigenvalue weighted by Gasteiger charge is 2.11. The molecule has 1 aliphatic heterocycles. The SMILES string of the molecule is COc1ccc(CCNC2CCCNC2)cc1. The molecule has 17 heavy (non-hydrogen) atoms. The standard InChI is InChI=1S/C14H22N2O/c1-17-14-6-4-12(5-7-14)8-10-16-13-3-2-9-15-11-13/h4-7,13,15-16H,2-3,8-11H2,1H3. The van der Waals surface area contributed by atoms with Crippen molar-refractivity contribution in [2.75, 3.05) is 26.7 Å². The van der Waals surface area contributed by atoms with Gasteiger partial charge in [-0.05, 0) is 50.0 Å². The van der Waals surface area contributed by atoms with E-state index < -0.39 is 0 Å². The molecule has 1 unspecified atom stereocenters. The minimum absolute atomic E-state index is 0.655. The third kappa shape index (κ3) is 4.02. The van der Waals surface area contributed by atoms with Crippen molar-refractivity contribution in [3.05, 3.63) is 29.8 Å². The summed E-state index contributed by atoms with van der Waals surface area (Å²) in [5, 5.41) is 7.02. The summed E-state index contributed by atoms with van der Waals surface area (Å²) in [7, 11) is 1.70. The maximum atomic E-state index is 5.14. The monoisotopic (exact) mass is 234 g/mol. The Morgan fingerprint density at radius 1 is 1.35 bits per heavy atom. The Balaban J connectivity index is 1.69. The maximum Gasteiger partial charge on any atom is 0.118 e. The zero-order valence-electron chi connectivity index (χ0n) is 10.5. The highest BCUT2D eigenvalue weighted by molar-refractivity contribution is 5.27. The zero-order valence-corrected chi connectivity index (χ0v) is 10.5. The first kappa shape index (κ1) is 12.4. The van der Waals surface area contributed by atoms with Crippen molar-refractivity contribution in [3.8, 4) is 5.75 Å². The second-order valence-corrected chi connectivity index (χ2v) is 4.60. The Morgan fingerprint density at radius 3 is 2.82 bits per heavy atom. The molecule has 3 nitrogen and oxygen atoms in total. The average Bonchev–Trinajstić information content (AvgIpc) is 2.41. The largest absolute Gasteiger partial charge is 0.497 e. The molecule has 1 aliphatic rings. The molecule has 0 saturated carbocycles. The molecule has 1 aromatic rings. The van der Waals surface area contributed by atoms with Crippen LogP contribution in [0.15, 0.2) is 24.3 Å². The first-order valence-corrected chi connectivity index (χ1v) is 6.45. The Bertz CT molecular complexity index is 317. The van der Waals surface area contributed by atoms with Crippen molar-refractivity contribution in [2.24, 2.45) is 0 Å². The van der Waals surface area contributed by atoms with E-state index in [-0.39, 0.29) is 0 Å². The number of nitrogens with one attached hydrogen (secondary N) is 2. The van der Waals surface area contributed by atoms with Crippen molar-refractivity contribution in [1.29, 1.82) is 0 Å². The molecule has 0 bridgehead atoms. The minimum Gasteiger partial charge on any atom is -0.497 e. The van der Waals surface area contributed by atoms with Gasteiger partial charge in [-0.15, -0.1) is 0 Å². The highest BCUT2D eigenvalue weighted by atomic mass is 16.5. The Labute approximate surface area is 104 Å². The van der Waals surface area contributed by atoms with Gasteiger partial charge in [0.1, 0.15) is 5.75 Å². The van der Waals surface area contributed by atoms with Gasteiger partial charge >= 0.3 is 0 Å². The lowest BCUT2D eigenvalue weighted by Crippen LogP contribution is -2.43. The quantitative estimate of drug-likeness (QED) is 0.811. The van der Waals surface area contributed by atoms with E-state index in [0.29, 0.717) is 6.04 Å². The molecule has 1 saturated heterocycles. The minimum atomic E-state index is 0.655. The summed E-state index contributed by atoms with van der Waals surface area (Å²) in [6, 6.07) is 8.98. The lowest BCUT2D eigenvalue weighted by Gasteiger charge is -2.23. The molecule has 1 atom stereocenters. The molecule has 3 heteroatoms. The maximum absolute atomic E-state index is 5.14.